The Morgan fingerprint density at radius 3 is 1.28 bits per heavy atom. The van der Waals surface area contributed by atoms with Crippen LogP contribution in [0.4, 0.5) is 21.0 Å². The number of aryl methyl sites for hydroxylation is 2. The predicted molar refractivity (Wildman–Crippen MR) is 189 cm³/mol. The first-order valence-electron chi connectivity index (χ1n) is 15.3. The molecule has 50 heavy (non-hydrogen) atoms. The van der Waals surface area contributed by atoms with Crippen molar-refractivity contribution in [3.63, 3.8) is 0 Å². The highest BCUT2D eigenvalue weighted by Crippen LogP contribution is 2.29. The van der Waals surface area contributed by atoms with E-state index in [1.807, 2.05) is 62.4 Å². The number of nitrogens with one attached hydrogen (secondary N) is 4. The summed E-state index contributed by atoms with van der Waals surface area (Å²) >= 11 is 0. The minimum Gasteiger partial charge on any atom is -0.379 e. The largest absolute Gasteiger partial charge is 0.379 e. The fourth-order valence-corrected chi connectivity index (χ4v) is 7.21. The third kappa shape index (κ3) is 9.84. The van der Waals surface area contributed by atoms with Crippen molar-refractivity contribution in [2.75, 3.05) is 10.6 Å². The van der Waals surface area contributed by atoms with Gasteiger partial charge in [-0.05, 0) is 61.4 Å². The molecule has 14 heteroatoms. The van der Waals surface area contributed by atoms with Crippen molar-refractivity contribution in [2.45, 2.75) is 36.7 Å². The van der Waals surface area contributed by atoms with Crippen molar-refractivity contribution >= 4 is 43.7 Å². The standard InChI is InChI=1S/C36H34N4O8S2/c1-25-13-17-27(18-14-25)23-37-35(41)39-29-7-5-9-31(21-29)47-49(43,44)33-11-3-4-12-34(33)50(45,46)48-32-10-6-8-30(22-32)40-36(42)38-24-28-19-15-26(2)16-20-28/h3-22H,23-24H2,1-2H3,(H2,37,39,41)(H2,38,40,42). The highest BCUT2D eigenvalue weighted by molar-refractivity contribution is 7.90. The fraction of sp³-hybridized carbons (Fsp3) is 0.111. The zero-order valence-electron chi connectivity index (χ0n) is 27.0. The van der Waals surface area contributed by atoms with Gasteiger partial charge in [0.25, 0.3) is 0 Å². The van der Waals surface area contributed by atoms with Gasteiger partial charge in [-0.3, -0.25) is 0 Å². The molecule has 4 amide bonds. The molecular formula is C36H34N4O8S2. The van der Waals surface area contributed by atoms with Crippen molar-refractivity contribution in [1.82, 2.24) is 10.6 Å². The Bertz CT molecular complexity index is 2050. The summed E-state index contributed by atoms with van der Waals surface area (Å²) < 4.78 is 64.2. The molecule has 0 atom stereocenters. The van der Waals surface area contributed by atoms with Gasteiger partial charge in [-0.25, -0.2) is 9.59 Å². The third-order valence-electron chi connectivity index (χ3n) is 7.13. The van der Waals surface area contributed by atoms with E-state index in [1.54, 1.807) is 0 Å². The molecule has 0 fully saturated rings. The van der Waals surface area contributed by atoms with Crippen molar-refractivity contribution in [3.8, 4) is 11.5 Å². The van der Waals surface area contributed by atoms with E-state index in [4.69, 9.17) is 8.37 Å². The van der Waals surface area contributed by atoms with Crippen LogP contribution in [0.15, 0.2) is 131 Å². The molecule has 12 nitrogen and oxygen atoms in total. The first kappa shape index (κ1) is 35.4. The lowest BCUT2D eigenvalue weighted by Gasteiger charge is -2.14. The first-order chi connectivity index (χ1) is 23.9. The highest BCUT2D eigenvalue weighted by Gasteiger charge is 2.30. The minimum absolute atomic E-state index is 0.172. The molecule has 0 radical (unpaired) electrons. The van der Waals surface area contributed by atoms with Gasteiger partial charge in [0, 0.05) is 36.6 Å². The molecule has 5 aromatic carbocycles. The summed E-state index contributed by atoms with van der Waals surface area (Å²) in [7, 11) is -9.45. The van der Waals surface area contributed by atoms with E-state index < -0.39 is 42.1 Å². The van der Waals surface area contributed by atoms with Crippen molar-refractivity contribution in [3.05, 3.63) is 144 Å². The SMILES string of the molecule is Cc1ccc(CNC(=O)Nc2cccc(OS(=O)(=O)c3ccccc3S(=O)(=O)Oc3cccc(NC(=O)NCc4ccc(C)cc4)c3)c2)cc1. The highest BCUT2D eigenvalue weighted by atomic mass is 32.2. The van der Waals surface area contributed by atoms with Crippen molar-refractivity contribution in [1.29, 1.82) is 0 Å². The molecule has 0 spiro atoms. The van der Waals surface area contributed by atoms with Gasteiger partial charge < -0.3 is 29.6 Å². The van der Waals surface area contributed by atoms with Gasteiger partial charge >= 0.3 is 32.3 Å². The Labute approximate surface area is 290 Å². The average Bonchev–Trinajstić information content (AvgIpc) is 3.08. The number of hydrogen-bond donors (Lipinski definition) is 4. The van der Waals surface area contributed by atoms with Crippen LogP contribution in [-0.2, 0) is 33.3 Å². The maximum atomic E-state index is 13.4. The number of carbonyl (C=O) groups excluding carboxylic acids is 2. The Morgan fingerprint density at radius 2 is 0.900 bits per heavy atom. The van der Waals surface area contributed by atoms with Crippen LogP contribution in [0.25, 0.3) is 0 Å². The summed E-state index contributed by atoms with van der Waals surface area (Å²) in [6.07, 6.45) is 0. The van der Waals surface area contributed by atoms with E-state index >= 15 is 0 Å². The summed E-state index contributed by atoms with van der Waals surface area (Å²) in [5, 5.41) is 10.7. The van der Waals surface area contributed by atoms with E-state index in [1.165, 1.54) is 60.7 Å². The van der Waals surface area contributed by atoms with E-state index in [2.05, 4.69) is 21.3 Å². The monoisotopic (exact) mass is 714 g/mol. The second kappa shape index (κ2) is 15.6. The zero-order chi connectivity index (χ0) is 35.7. The molecule has 0 heterocycles. The van der Waals surface area contributed by atoms with Crippen LogP contribution in [-0.4, -0.2) is 28.9 Å². The number of hydrogen-bond acceptors (Lipinski definition) is 8. The smallest absolute Gasteiger partial charge is 0.340 e. The number of rotatable bonds is 12. The predicted octanol–water partition coefficient (Wildman–Crippen LogP) is 6.48. The van der Waals surface area contributed by atoms with Crippen LogP contribution >= 0.6 is 0 Å². The number of benzene rings is 5. The molecule has 4 N–H and O–H groups in total. The molecule has 0 saturated carbocycles. The van der Waals surface area contributed by atoms with Gasteiger partial charge in [-0.2, -0.15) is 16.8 Å². The molecule has 5 rings (SSSR count). The molecular weight excluding hydrogens is 681 g/mol. The Kier molecular flexibility index (Phi) is 11.0. The molecule has 0 aliphatic rings. The van der Waals surface area contributed by atoms with Gasteiger partial charge in [0.05, 0.1) is 0 Å². The quantitative estimate of drug-likeness (QED) is 0.106. The van der Waals surface area contributed by atoms with Crippen molar-refractivity contribution < 1.29 is 34.8 Å². The average molecular weight is 715 g/mol. The maximum Gasteiger partial charge on any atom is 0.340 e. The minimum atomic E-state index is -4.72. The van der Waals surface area contributed by atoms with E-state index in [0.717, 1.165) is 34.4 Å². The normalized spacial score (nSPS) is 11.2. The summed E-state index contributed by atoms with van der Waals surface area (Å²) in [5.41, 5.74) is 4.45. The number of anilines is 2. The fourth-order valence-electron chi connectivity index (χ4n) is 4.58. The Hall–Kier alpha value is -5.86. The van der Waals surface area contributed by atoms with Crippen LogP contribution in [0, 0.1) is 13.8 Å². The summed E-state index contributed by atoms with van der Waals surface area (Å²) in [5.74, 6) is -0.345. The van der Waals surface area contributed by atoms with Gasteiger partial charge in [-0.15, -0.1) is 0 Å². The lowest BCUT2D eigenvalue weighted by molar-refractivity contribution is 0.251. The summed E-state index contributed by atoms with van der Waals surface area (Å²) in [4.78, 5) is 23.6. The molecule has 0 bridgehead atoms. The molecule has 5 aromatic rings. The lowest BCUT2D eigenvalue weighted by atomic mass is 10.1. The third-order valence-corrected chi connectivity index (χ3v) is 9.87. The lowest BCUT2D eigenvalue weighted by Crippen LogP contribution is -2.28. The molecule has 0 unspecified atom stereocenters. The van der Waals surface area contributed by atoms with Crippen LogP contribution < -0.4 is 29.6 Å². The molecule has 258 valence electrons. The van der Waals surface area contributed by atoms with Crippen molar-refractivity contribution in [2.24, 2.45) is 0 Å². The van der Waals surface area contributed by atoms with Crippen LogP contribution in [0.5, 0.6) is 11.5 Å². The number of carbonyl (C=O) groups is 2. The number of amides is 4. The number of urea groups is 2. The van der Waals surface area contributed by atoms with Gasteiger partial charge in [-0.1, -0.05) is 83.9 Å². The molecule has 0 aliphatic heterocycles. The Balaban J connectivity index is 1.24. The first-order valence-corrected chi connectivity index (χ1v) is 18.1. The van der Waals surface area contributed by atoms with Crippen LogP contribution in [0.3, 0.4) is 0 Å². The topological polar surface area (TPSA) is 169 Å². The second-order valence-corrected chi connectivity index (χ2v) is 14.2. The van der Waals surface area contributed by atoms with E-state index in [9.17, 15) is 26.4 Å². The van der Waals surface area contributed by atoms with E-state index in [-0.39, 0.29) is 36.0 Å². The zero-order valence-corrected chi connectivity index (χ0v) is 28.7. The summed E-state index contributed by atoms with van der Waals surface area (Å²) in [6, 6.07) is 30.3. The maximum absolute atomic E-state index is 13.4. The Morgan fingerprint density at radius 1 is 0.520 bits per heavy atom. The van der Waals surface area contributed by atoms with Gasteiger partial charge in [0.1, 0.15) is 21.3 Å². The summed E-state index contributed by atoms with van der Waals surface area (Å²) in [6.45, 7) is 4.46. The van der Waals surface area contributed by atoms with Gasteiger partial charge in [0.15, 0.2) is 0 Å². The van der Waals surface area contributed by atoms with Crippen LogP contribution in [0.2, 0.25) is 0 Å². The molecule has 0 aliphatic carbocycles. The van der Waals surface area contributed by atoms with Crippen LogP contribution in [0.1, 0.15) is 22.3 Å². The molecule has 0 saturated heterocycles. The molecule has 0 aromatic heterocycles. The second-order valence-electron chi connectivity index (χ2n) is 11.2. The van der Waals surface area contributed by atoms with Gasteiger partial charge in [0.2, 0.25) is 0 Å². The van der Waals surface area contributed by atoms with E-state index in [0.29, 0.717) is 0 Å².